The number of amides is 1. The summed E-state index contributed by atoms with van der Waals surface area (Å²) >= 11 is 5.12. The van der Waals surface area contributed by atoms with E-state index in [9.17, 15) is 9.59 Å². The lowest BCUT2D eigenvalue weighted by Gasteiger charge is -2.14. The van der Waals surface area contributed by atoms with E-state index in [-0.39, 0.29) is 29.8 Å². The fraction of sp³-hybridized carbons (Fsp3) is 0.438. The van der Waals surface area contributed by atoms with Crippen molar-refractivity contribution in [1.29, 1.82) is 0 Å². The minimum absolute atomic E-state index is 0.0527. The molecule has 1 aromatic carbocycles. The van der Waals surface area contributed by atoms with E-state index in [2.05, 4.69) is 10.6 Å². The average Bonchev–Trinajstić information content (AvgIpc) is 2.47. The number of hydrogen-bond donors (Lipinski definition) is 2. The van der Waals surface area contributed by atoms with Crippen molar-refractivity contribution in [2.45, 2.75) is 40.0 Å². The molecule has 0 radical (unpaired) electrons. The Morgan fingerprint density at radius 1 is 1.18 bits per heavy atom. The van der Waals surface area contributed by atoms with Crippen molar-refractivity contribution in [1.82, 2.24) is 5.32 Å². The van der Waals surface area contributed by atoms with Gasteiger partial charge in [-0.15, -0.1) is 0 Å². The Labute approximate surface area is 136 Å². The highest BCUT2D eigenvalue weighted by Crippen LogP contribution is 2.19. The van der Waals surface area contributed by atoms with Crippen LogP contribution >= 0.6 is 12.2 Å². The number of carbonyl (C=O) groups excluding carboxylic acids is 2. The first-order valence-corrected chi connectivity index (χ1v) is 7.67. The first kappa shape index (κ1) is 18.1. The molecule has 6 heteroatoms. The Bertz CT molecular complexity index is 538. The highest BCUT2D eigenvalue weighted by atomic mass is 32.1. The average molecular weight is 322 g/mol. The van der Waals surface area contributed by atoms with Gasteiger partial charge in [0.2, 0.25) is 5.91 Å². The first-order valence-electron chi connectivity index (χ1n) is 7.26. The summed E-state index contributed by atoms with van der Waals surface area (Å²) < 4.78 is 4.91. The highest BCUT2D eigenvalue weighted by molar-refractivity contribution is 7.80. The lowest BCUT2D eigenvalue weighted by atomic mass is 10.1. The Hall–Kier alpha value is -1.95. The maximum atomic E-state index is 11.7. The number of hydrogen-bond acceptors (Lipinski definition) is 4. The van der Waals surface area contributed by atoms with Gasteiger partial charge in [0.1, 0.15) is 0 Å². The topological polar surface area (TPSA) is 67.4 Å². The third kappa shape index (κ3) is 6.22. The number of ether oxygens (including phenoxy) is 1. The number of anilines is 1. The monoisotopic (exact) mass is 322 g/mol. The fourth-order valence-electron chi connectivity index (χ4n) is 1.85. The maximum Gasteiger partial charge on any atom is 0.306 e. The Balaban J connectivity index is 2.42. The number of esters is 1. The third-order valence-electron chi connectivity index (χ3n) is 3.00. The van der Waals surface area contributed by atoms with E-state index < -0.39 is 0 Å². The number of aryl methyl sites for hydroxylation is 2. The van der Waals surface area contributed by atoms with Crippen molar-refractivity contribution in [2.75, 3.05) is 11.9 Å². The Morgan fingerprint density at radius 2 is 1.82 bits per heavy atom. The number of thiocarbonyl (C=S) groups is 1. The summed E-state index contributed by atoms with van der Waals surface area (Å²) in [5, 5.41) is 5.81. The van der Waals surface area contributed by atoms with Gasteiger partial charge in [-0.3, -0.25) is 9.59 Å². The van der Waals surface area contributed by atoms with E-state index in [1.165, 1.54) is 0 Å². The van der Waals surface area contributed by atoms with E-state index in [1.807, 2.05) is 39.0 Å². The molecule has 0 aliphatic heterocycles. The van der Waals surface area contributed by atoms with E-state index in [0.29, 0.717) is 6.61 Å². The Morgan fingerprint density at radius 3 is 2.41 bits per heavy atom. The predicted molar refractivity (Wildman–Crippen MR) is 90.8 cm³/mol. The molecule has 0 aromatic heterocycles. The molecule has 1 amide bonds. The molecule has 0 aliphatic carbocycles. The fourth-order valence-corrected chi connectivity index (χ4v) is 2.07. The summed E-state index contributed by atoms with van der Waals surface area (Å²) in [6.45, 7) is 6.22. The molecule has 0 spiro atoms. The first-order chi connectivity index (χ1) is 10.4. The van der Waals surface area contributed by atoms with Gasteiger partial charge in [-0.1, -0.05) is 25.1 Å². The van der Waals surface area contributed by atoms with Crippen LogP contribution in [0, 0.1) is 13.8 Å². The van der Waals surface area contributed by atoms with E-state index in [0.717, 1.165) is 23.2 Å². The number of benzene rings is 1. The molecule has 1 rings (SSSR count). The minimum Gasteiger partial charge on any atom is -0.466 e. The second-order valence-corrected chi connectivity index (χ2v) is 5.40. The molecule has 0 saturated carbocycles. The van der Waals surface area contributed by atoms with Gasteiger partial charge in [-0.05, 0) is 43.6 Å². The van der Waals surface area contributed by atoms with Gasteiger partial charge in [-0.25, -0.2) is 0 Å². The zero-order chi connectivity index (χ0) is 16.5. The zero-order valence-electron chi connectivity index (χ0n) is 13.2. The standard InChI is InChI=1S/C16H22N2O3S/c1-4-10-21-14(20)9-8-13(19)17-16(22)18-15-11(2)6-5-7-12(15)3/h5-7H,4,8-10H2,1-3H3,(H2,17,18,19,22). The maximum absolute atomic E-state index is 11.7. The zero-order valence-corrected chi connectivity index (χ0v) is 14.0. The molecule has 5 nitrogen and oxygen atoms in total. The smallest absolute Gasteiger partial charge is 0.306 e. The van der Waals surface area contributed by atoms with Crippen LogP contribution < -0.4 is 10.6 Å². The number of carbonyl (C=O) groups is 2. The quantitative estimate of drug-likeness (QED) is 0.623. The second kappa shape index (κ2) is 9.15. The highest BCUT2D eigenvalue weighted by Gasteiger charge is 2.10. The van der Waals surface area contributed by atoms with E-state index in [1.54, 1.807) is 0 Å². The number of para-hydroxylation sites is 1. The molecule has 0 heterocycles. The molecule has 2 N–H and O–H groups in total. The summed E-state index contributed by atoms with van der Waals surface area (Å²) in [5.74, 6) is -0.678. The van der Waals surface area contributed by atoms with Crippen molar-refractivity contribution >= 4 is 34.9 Å². The number of rotatable bonds is 6. The van der Waals surface area contributed by atoms with Gasteiger partial charge in [0.25, 0.3) is 0 Å². The van der Waals surface area contributed by atoms with Crippen LogP contribution in [0.3, 0.4) is 0 Å². The molecular formula is C16H22N2O3S. The minimum atomic E-state index is -0.370. The van der Waals surface area contributed by atoms with Crippen molar-refractivity contribution in [2.24, 2.45) is 0 Å². The molecule has 120 valence electrons. The molecule has 0 saturated heterocycles. The van der Waals surface area contributed by atoms with Crippen molar-refractivity contribution in [3.8, 4) is 0 Å². The van der Waals surface area contributed by atoms with Gasteiger partial charge in [0.15, 0.2) is 5.11 Å². The molecule has 0 bridgehead atoms. The SMILES string of the molecule is CCCOC(=O)CCC(=O)NC(=S)Nc1c(C)cccc1C. The molecule has 0 aliphatic rings. The van der Waals surface area contributed by atoms with E-state index in [4.69, 9.17) is 17.0 Å². The van der Waals surface area contributed by atoms with Crippen LogP contribution in [-0.2, 0) is 14.3 Å². The van der Waals surface area contributed by atoms with Crippen molar-refractivity contribution in [3.63, 3.8) is 0 Å². The lowest BCUT2D eigenvalue weighted by Crippen LogP contribution is -2.34. The van der Waals surface area contributed by atoms with Gasteiger partial charge in [-0.2, -0.15) is 0 Å². The third-order valence-corrected chi connectivity index (χ3v) is 3.20. The second-order valence-electron chi connectivity index (χ2n) is 4.99. The normalized spacial score (nSPS) is 9.95. The van der Waals surface area contributed by atoms with Crippen LogP contribution in [0.15, 0.2) is 18.2 Å². The molecule has 0 unspecified atom stereocenters. The van der Waals surface area contributed by atoms with Crippen molar-refractivity contribution in [3.05, 3.63) is 29.3 Å². The van der Waals surface area contributed by atoms with Crippen LogP contribution in [0.25, 0.3) is 0 Å². The largest absolute Gasteiger partial charge is 0.466 e. The van der Waals surface area contributed by atoms with Gasteiger partial charge < -0.3 is 15.4 Å². The van der Waals surface area contributed by atoms with Crippen molar-refractivity contribution < 1.29 is 14.3 Å². The predicted octanol–water partition coefficient (Wildman–Crippen LogP) is 2.85. The summed E-state index contributed by atoms with van der Waals surface area (Å²) in [5.41, 5.74) is 2.97. The van der Waals surface area contributed by atoms with Crippen LogP contribution in [0.1, 0.15) is 37.3 Å². The summed E-state index contributed by atoms with van der Waals surface area (Å²) in [6, 6.07) is 5.88. The molecular weight excluding hydrogens is 300 g/mol. The molecule has 0 atom stereocenters. The van der Waals surface area contributed by atoms with Crippen LogP contribution in [0.2, 0.25) is 0 Å². The summed E-state index contributed by atoms with van der Waals surface area (Å²) in [4.78, 5) is 23.1. The van der Waals surface area contributed by atoms with Gasteiger partial charge in [0, 0.05) is 12.1 Å². The van der Waals surface area contributed by atoms with Crippen LogP contribution in [0.4, 0.5) is 5.69 Å². The summed E-state index contributed by atoms with van der Waals surface area (Å²) in [6.07, 6.45) is 0.872. The lowest BCUT2D eigenvalue weighted by molar-refractivity contribution is -0.144. The molecule has 1 aromatic rings. The number of nitrogens with one attached hydrogen (secondary N) is 2. The Kier molecular flexibility index (Phi) is 7.52. The van der Waals surface area contributed by atoms with E-state index >= 15 is 0 Å². The summed E-state index contributed by atoms with van der Waals surface area (Å²) in [7, 11) is 0. The molecule has 22 heavy (non-hydrogen) atoms. The van der Waals surface area contributed by atoms with Crippen LogP contribution in [-0.4, -0.2) is 23.6 Å². The van der Waals surface area contributed by atoms with Gasteiger partial charge >= 0.3 is 5.97 Å². The molecule has 0 fully saturated rings. The van der Waals surface area contributed by atoms with Crippen LogP contribution in [0.5, 0.6) is 0 Å². The van der Waals surface area contributed by atoms with Gasteiger partial charge in [0.05, 0.1) is 13.0 Å².